The van der Waals surface area contributed by atoms with Gasteiger partial charge >= 0.3 is 5.97 Å². The van der Waals surface area contributed by atoms with Crippen molar-refractivity contribution in [3.8, 4) is 5.75 Å². The van der Waals surface area contributed by atoms with Gasteiger partial charge in [0.05, 0.1) is 0 Å². The average Bonchev–Trinajstić information content (AvgIpc) is 2.71. The molecule has 0 saturated heterocycles. The number of nitrogens with one attached hydrogen (secondary N) is 1. The standard InChI is InChI=1S/C22H21NO5S/c24-22(25)16-28-21-8-4-7-19-15-18(9-10-20(19)21)11-13-23-29(26,27)14-12-17-5-2-1-3-6-17/h1-10,12,14-15,23H,11,13,16H2,(H,24,25). The van der Waals surface area contributed by atoms with Crippen LogP contribution in [0.1, 0.15) is 11.1 Å². The number of carboxylic acids is 1. The van der Waals surface area contributed by atoms with E-state index in [1.807, 2.05) is 54.6 Å². The van der Waals surface area contributed by atoms with Crippen LogP contribution in [0.3, 0.4) is 0 Å². The summed E-state index contributed by atoms with van der Waals surface area (Å²) in [5.74, 6) is -0.532. The monoisotopic (exact) mass is 411 g/mol. The van der Waals surface area contributed by atoms with Crippen molar-refractivity contribution in [2.45, 2.75) is 6.42 Å². The largest absolute Gasteiger partial charge is 0.481 e. The van der Waals surface area contributed by atoms with Crippen molar-refractivity contribution < 1.29 is 23.1 Å². The maximum absolute atomic E-state index is 12.1. The van der Waals surface area contributed by atoms with E-state index in [0.717, 1.165) is 27.3 Å². The van der Waals surface area contributed by atoms with Crippen LogP contribution in [0.2, 0.25) is 0 Å². The van der Waals surface area contributed by atoms with Gasteiger partial charge in [-0.1, -0.05) is 60.7 Å². The van der Waals surface area contributed by atoms with Gasteiger partial charge in [0.25, 0.3) is 0 Å². The third kappa shape index (κ3) is 6.17. The molecule has 0 atom stereocenters. The number of aliphatic carboxylic acids is 1. The quantitative estimate of drug-likeness (QED) is 0.563. The van der Waals surface area contributed by atoms with E-state index in [-0.39, 0.29) is 6.54 Å². The first kappa shape index (κ1) is 20.6. The minimum atomic E-state index is -3.52. The molecule has 0 amide bonds. The van der Waals surface area contributed by atoms with E-state index in [0.29, 0.717) is 12.2 Å². The minimum Gasteiger partial charge on any atom is -0.481 e. The van der Waals surface area contributed by atoms with Gasteiger partial charge in [0.15, 0.2) is 6.61 Å². The molecule has 29 heavy (non-hydrogen) atoms. The normalized spacial score (nSPS) is 11.7. The van der Waals surface area contributed by atoms with Crippen molar-refractivity contribution in [3.63, 3.8) is 0 Å². The maximum atomic E-state index is 12.1. The topological polar surface area (TPSA) is 92.7 Å². The molecule has 0 unspecified atom stereocenters. The van der Waals surface area contributed by atoms with Crippen LogP contribution >= 0.6 is 0 Å². The lowest BCUT2D eigenvalue weighted by Crippen LogP contribution is -2.23. The molecule has 3 aromatic rings. The van der Waals surface area contributed by atoms with Crippen molar-refractivity contribution >= 4 is 32.8 Å². The van der Waals surface area contributed by atoms with Crippen LogP contribution in [-0.4, -0.2) is 32.6 Å². The molecule has 0 aliphatic rings. The zero-order chi connectivity index (χ0) is 20.7. The fourth-order valence-corrected chi connectivity index (χ4v) is 3.66. The predicted octanol–water partition coefficient (Wildman–Crippen LogP) is 3.44. The van der Waals surface area contributed by atoms with Gasteiger partial charge in [-0.25, -0.2) is 17.9 Å². The van der Waals surface area contributed by atoms with Crippen molar-refractivity contribution in [3.05, 3.63) is 83.3 Å². The molecule has 0 bridgehead atoms. The second kappa shape index (κ2) is 9.36. The molecule has 7 heteroatoms. The maximum Gasteiger partial charge on any atom is 0.341 e. The SMILES string of the molecule is O=C(O)COc1cccc2cc(CCNS(=O)(=O)C=Cc3ccccc3)ccc12. The molecule has 0 aromatic heterocycles. The molecule has 0 aliphatic carbocycles. The van der Waals surface area contributed by atoms with Crippen LogP contribution < -0.4 is 9.46 Å². The Kier molecular flexibility index (Phi) is 6.64. The van der Waals surface area contributed by atoms with Crippen LogP contribution in [0.15, 0.2) is 72.1 Å². The molecule has 0 heterocycles. The van der Waals surface area contributed by atoms with E-state index in [1.54, 1.807) is 18.2 Å². The Hall–Kier alpha value is -3.16. The Balaban J connectivity index is 1.62. The van der Waals surface area contributed by atoms with Crippen molar-refractivity contribution in [1.82, 2.24) is 4.72 Å². The number of fused-ring (bicyclic) bond motifs is 1. The van der Waals surface area contributed by atoms with Crippen LogP contribution in [0, 0.1) is 0 Å². The summed E-state index contributed by atoms with van der Waals surface area (Å²) in [6, 6.07) is 20.3. The number of hydrogen-bond acceptors (Lipinski definition) is 4. The molecule has 0 spiro atoms. The molecule has 0 saturated carbocycles. The predicted molar refractivity (Wildman–Crippen MR) is 113 cm³/mol. The number of carboxylic acid groups (broad SMARTS) is 1. The van der Waals surface area contributed by atoms with Crippen LogP contribution in [-0.2, 0) is 21.2 Å². The smallest absolute Gasteiger partial charge is 0.341 e. The number of ether oxygens (including phenoxy) is 1. The molecular weight excluding hydrogens is 390 g/mol. The first-order chi connectivity index (χ1) is 13.9. The Morgan fingerprint density at radius 1 is 1.03 bits per heavy atom. The second-order valence-electron chi connectivity index (χ2n) is 6.40. The lowest BCUT2D eigenvalue weighted by atomic mass is 10.0. The number of hydrogen-bond donors (Lipinski definition) is 2. The van der Waals surface area contributed by atoms with E-state index >= 15 is 0 Å². The summed E-state index contributed by atoms with van der Waals surface area (Å²) in [5, 5.41) is 11.6. The summed E-state index contributed by atoms with van der Waals surface area (Å²) in [5.41, 5.74) is 1.77. The first-order valence-electron chi connectivity index (χ1n) is 9.02. The Morgan fingerprint density at radius 2 is 1.83 bits per heavy atom. The van der Waals surface area contributed by atoms with Gasteiger partial charge in [-0.2, -0.15) is 0 Å². The number of benzene rings is 3. The van der Waals surface area contributed by atoms with Gasteiger partial charge in [-0.3, -0.25) is 0 Å². The fourth-order valence-electron chi connectivity index (χ4n) is 2.84. The van der Waals surface area contributed by atoms with Crippen molar-refractivity contribution in [1.29, 1.82) is 0 Å². The highest BCUT2D eigenvalue weighted by molar-refractivity contribution is 7.92. The molecule has 0 radical (unpaired) electrons. The second-order valence-corrected chi connectivity index (χ2v) is 8.05. The number of rotatable bonds is 9. The molecule has 6 nitrogen and oxygen atoms in total. The van der Waals surface area contributed by atoms with Gasteiger partial charge in [-0.15, -0.1) is 0 Å². The summed E-state index contributed by atoms with van der Waals surface area (Å²) in [4.78, 5) is 10.7. The van der Waals surface area contributed by atoms with Gasteiger partial charge in [0.1, 0.15) is 5.75 Å². The van der Waals surface area contributed by atoms with Crippen molar-refractivity contribution in [2.75, 3.05) is 13.2 Å². The Morgan fingerprint density at radius 3 is 2.59 bits per heavy atom. The van der Waals surface area contributed by atoms with Crippen LogP contribution in [0.5, 0.6) is 5.75 Å². The summed E-state index contributed by atoms with van der Waals surface area (Å²) in [7, 11) is -3.52. The third-order valence-electron chi connectivity index (χ3n) is 4.21. The van der Waals surface area contributed by atoms with Crippen LogP contribution in [0.4, 0.5) is 0 Å². The Bertz CT molecular complexity index is 1120. The van der Waals surface area contributed by atoms with E-state index in [9.17, 15) is 13.2 Å². The summed E-state index contributed by atoms with van der Waals surface area (Å²) >= 11 is 0. The van der Waals surface area contributed by atoms with E-state index in [4.69, 9.17) is 9.84 Å². The fraction of sp³-hybridized carbons (Fsp3) is 0.136. The molecular formula is C22H21NO5S. The highest BCUT2D eigenvalue weighted by Crippen LogP contribution is 2.26. The summed E-state index contributed by atoms with van der Waals surface area (Å²) in [6.45, 7) is -0.138. The van der Waals surface area contributed by atoms with Crippen LogP contribution in [0.25, 0.3) is 16.8 Å². The summed E-state index contributed by atoms with van der Waals surface area (Å²) in [6.07, 6.45) is 2.07. The highest BCUT2D eigenvalue weighted by atomic mass is 32.2. The van der Waals surface area contributed by atoms with Gasteiger partial charge in [0, 0.05) is 17.3 Å². The molecule has 2 N–H and O–H groups in total. The van der Waals surface area contributed by atoms with Gasteiger partial charge in [-0.05, 0) is 35.1 Å². The average molecular weight is 411 g/mol. The third-order valence-corrected chi connectivity index (χ3v) is 5.31. The molecule has 0 fully saturated rings. The molecule has 3 rings (SSSR count). The summed E-state index contributed by atoms with van der Waals surface area (Å²) < 4.78 is 32.1. The van der Waals surface area contributed by atoms with E-state index in [1.165, 1.54) is 0 Å². The number of carbonyl (C=O) groups is 1. The van der Waals surface area contributed by atoms with E-state index in [2.05, 4.69) is 4.72 Å². The van der Waals surface area contributed by atoms with Crippen molar-refractivity contribution in [2.24, 2.45) is 0 Å². The lowest BCUT2D eigenvalue weighted by molar-refractivity contribution is -0.139. The van der Waals surface area contributed by atoms with Gasteiger partial charge in [0.2, 0.25) is 10.0 Å². The number of sulfonamides is 1. The minimum absolute atomic E-state index is 0.266. The molecule has 150 valence electrons. The van der Waals surface area contributed by atoms with E-state index < -0.39 is 22.6 Å². The molecule has 3 aromatic carbocycles. The lowest BCUT2D eigenvalue weighted by Gasteiger charge is -2.09. The zero-order valence-electron chi connectivity index (χ0n) is 15.6. The zero-order valence-corrected chi connectivity index (χ0v) is 16.4. The molecule has 0 aliphatic heterocycles. The highest BCUT2D eigenvalue weighted by Gasteiger charge is 2.07. The van der Waals surface area contributed by atoms with Gasteiger partial charge < -0.3 is 9.84 Å². The first-order valence-corrected chi connectivity index (χ1v) is 10.6. The Labute approximate surface area is 169 Å².